The standard InChI is InChI=1S/C19H15F2N3O3/c1-27-16-6-10(2-5-15(16)25)12-8-17(26)23-19-18(12)22-9-24(19)14-7-11(20)3-4-13(14)21/h2-7,9,12,25H,8H2,1H3,(H,23,26)/t12-/m0/s1. The predicted octanol–water partition coefficient (Wildman–Crippen LogP) is 3.34. The molecule has 1 aliphatic rings. The van der Waals surface area contributed by atoms with E-state index >= 15 is 0 Å². The molecule has 2 N–H and O–H groups in total. The van der Waals surface area contributed by atoms with Crippen molar-refractivity contribution in [1.29, 1.82) is 0 Å². The van der Waals surface area contributed by atoms with Crippen LogP contribution in [0.25, 0.3) is 5.69 Å². The molecule has 27 heavy (non-hydrogen) atoms. The smallest absolute Gasteiger partial charge is 0.226 e. The van der Waals surface area contributed by atoms with Crippen molar-refractivity contribution in [2.45, 2.75) is 12.3 Å². The fourth-order valence-electron chi connectivity index (χ4n) is 3.25. The number of fused-ring (bicyclic) bond motifs is 1. The first-order valence-corrected chi connectivity index (χ1v) is 8.17. The van der Waals surface area contributed by atoms with Crippen molar-refractivity contribution in [2.24, 2.45) is 0 Å². The minimum atomic E-state index is -0.640. The molecule has 0 spiro atoms. The van der Waals surface area contributed by atoms with Gasteiger partial charge in [0, 0.05) is 18.4 Å². The molecule has 0 fully saturated rings. The van der Waals surface area contributed by atoms with Gasteiger partial charge in [-0.1, -0.05) is 6.07 Å². The van der Waals surface area contributed by atoms with Crippen LogP contribution in [0.5, 0.6) is 11.5 Å². The van der Waals surface area contributed by atoms with E-state index in [1.165, 1.54) is 24.1 Å². The molecule has 8 heteroatoms. The first-order valence-electron chi connectivity index (χ1n) is 8.17. The minimum Gasteiger partial charge on any atom is -0.504 e. The fraction of sp³-hybridized carbons (Fsp3) is 0.158. The highest BCUT2D eigenvalue weighted by molar-refractivity contribution is 5.94. The summed E-state index contributed by atoms with van der Waals surface area (Å²) in [5.41, 5.74) is 1.18. The lowest BCUT2D eigenvalue weighted by molar-refractivity contribution is -0.116. The molecule has 1 aromatic heterocycles. The zero-order chi connectivity index (χ0) is 19.1. The summed E-state index contributed by atoms with van der Waals surface area (Å²) in [6.07, 6.45) is 1.47. The number of aromatic hydroxyl groups is 1. The number of hydrogen-bond acceptors (Lipinski definition) is 4. The van der Waals surface area contributed by atoms with Crippen molar-refractivity contribution in [3.8, 4) is 17.2 Å². The van der Waals surface area contributed by atoms with Crippen molar-refractivity contribution in [2.75, 3.05) is 12.4 Å². The third-order valence-corrected chi connectivity index (χ3v) is 4.55. The third kappa shape index (κ3) is 2.88. The van der Waals surface area contributed by atoms with Crippen LogP contribution in [0, 0.1) is 11.6 Å². The van der Waals surface area contributed by atoms with Crippen molar-refractivity contribution in [1.82, 2.24) is 9.55 Å². The van der Waals surface area contributed by atoms with Crippen molar-refractivity contribution in [3.05, 3.63) is 65.6 Å². The summed E-state index contributed by atoms with van der Waals surface area (Å²) < 4.78 is 34.2. The van der Waals surface area contributed by atoms with Gasteiger partial charge in [-0.3, -0.25) is 9.36 Å². The molecule has 0 saturated heterocycles. The van der Waals surface area contributed by atoms with Gasteiger partial charge in [-0.05, 0) is 29.8 Å². The second-order valence-electron chi connectivity index (χ2n) is 6.18. The maximum absolute atomic E-state index is 14.2. The Bertz CT molecular complexity index is 1050. The molecule has 3 aromatic rings. The molecular formula is C19H15F2N3O3. The fourth-order valence-corrected chi connectivity index (χ4v) is 3.25. The van der Waals surface area contributed by atoms with E-state index in [2.05, 4.69) is 10.3 Å². The molecule has 1 atom stereocenters. The first kappa shape index (κ1) is 17.0. The number of anilines is 1. The highest BCUT2D eigenvalue weighted by atomic mass is 19.1. The second kappa shape index (κ2) is 6.39. The van der Waals surface area contributed by atoms with Crippen molar-refractivity contribution in [3.63, 3.8) is 0 Å². The van der Waals surface area contributed by atoms with Crippen molar-refractivity contribution >= 4 is 11.7 Å². The van der Waals surface area contributed by atoms with E-state index in [0.29, 0.717) is 11.3 Å². The Morgan fingerprint density at radius 3 is 2.85 bits per heavy atom. The Kier molecular flexibility index (Phi) is 4.02. The highest BCUT2D eigenvalue weighted by Crippen LogP contribution is 2.40. The molecular weight excluding hydrogens is 356 g/mol. The van der Waals surface area contributed by atoms with Gasteiger partial charge in [0.05, 0.1) is 18.5 Å². The van der Waals surface area contributed by atoms with Gasteiger partial charge in [0.15, 0.2) is 11.5 Å². The summed E-state index contributed by atoms with van der Waals surface area (Å²) in [5, 5.41) is 12.5. The number of nitrogens with zero attached hydrogens (tertiary/aromatic N) is 2. The van der Waals surface area contributed by atoms with Crippen molar-refractivity contribution < 1.29 is 23.4 Å². The Morgan fingerprint density at radius 1 is 1.26 bits per heavy atom. The van der Waals surface area contributed by atoms with E-state index in [0.717, 1.165) is 18.2 Å². The highest BCUT2D eigenvalue weighted by Gasteiger charge is 2.32. The van der Waals surface area contributed by atoms with Crippen LogP contribution in [0.15, 0.2) is 42.7 Å². The van der Waals surface area contributed by atoms with Crippen LogP contribution in [0.2, 0.25) is 0 Å². The second-order valence-corrected chi connectivity index (χ2v) is 6.18. The summed E-state index contributed by atoms with van der Waals surface area (Å²) in [7, 11) is 1.43. The number of aromatic nitrogens is 2. The van der Waals surface area contributed by atoms with Crippen LogP contribution >= 0.6 is 0 Å². The molecule has 0 radical (unpaired) electrons. The molecule has 2 heterocycles. The maximum Gasteiger partial charge on any atom is 0.226 e. The first-order chi connectivity index (χ1) is 13.0. The van der Waals surface area contributed by atoms with E-state index in [9.17, 15) is 18.7 Å². The molecule has 1 amide bonds. The molecule has 2 aromatic carbocycles. The molecule has 138 valence electrons. The number of nitrogens with one attached hydrogen (secondary N) is 1. The number of phenolic OH excluding ortho intramolecular Hbond substituents is 1. The van der Waals surface area contributed by atoms with E-state index in [4.69, 9.17) is 4.74 Å². The number of carbonyl (C=O) groups excluding carboxylic acids is 1. The number of benzene rings is 2. The number of rotatable bonds is 3. The van der Waals surface area contributed by atoms with E-state index < -0.39 is 17.6 Å². The van der Waals surface area contributed by atoms with Gasteiger partial charge in [0.25, 0.3) is 0 Å². The van der Waals surface area contributed by atoms with Crippen LogP contribution in [0.4, 0.5) is 14.6 Å². The van der Waals surface area contributed by atoms with Crippen LogP contribution < -0.4 is 10.1 Å². The number of carbonyl (C=O) groups is 1. The normalized spacial score (nSPS) is 16.0. The SMILES string of the molecule is COc1cc([C@@H]2CC(=O)Nc3c2ncn3-c2cc(F)ccc2F)ccc1O. The lowest BCUT2D eigenvalue weighted by Gasteiger charge is -2.24. The Labute approximate surface area is 153 Å². The number of ether oxygens (including phenoxy) is 1. The largest absolute Gasteiger partial charge is 0.504 e. The zero-order valence-electron chi connectivity index (χ0n) is 14.2. The number of phenols is 1. The summed E-state index contributed by atoms with van der Waals surface area (Å²) >= 11 is 0. The molecule has 6 nitrogen and oxygen atoms in total. The average molecular weight is 371 g/mol. The average Bonchev–Trinajstić information content (AvgIpc) is 3.07. The zero-order valence-corrected chi connectivity index (χ0v) is 14.2. The summed E-state index contributed by atoms with van der Waals surface area (Å²) in [6.45, 7) is 0. The van der Waals surface area contributed by atoms with Gasteiger partial charge >= 0.3 is 0 Å². The predicted molar refractivity (Wildman–Crippen MR) is 93.2 cm³/mol. The Balaban J connectivity index is 1.84. The number of hydrogen-bond donors (Lipinski definition) is 2. The molecule has 0 saturated carbocycles. The van der Waals surface area contributed by atoms with Crippen LogP contribution in [-0.2, 0) is 4.79 Å². The molecule has 4 rings (SSSR count). The third-order valence-electron chi connectivity index (χ3n) is 4.55. The van der Waals surface area contributed by atoms with E-state index in [1.54, 1.807) is 12.1 Å². The van der Waals surface area contributed by atoms with E-state index in [-0.39, 0.29) is 35.3 Å². The van der Waals surface area contributed by atoms with Gasteiger partial charge in [-0.2, -0.15) is 0 Å². The quantitative estimate of drug-likeness (QED) is 0.740. The maximum atomic E-state index is 14.2. The summed E-state index contributed by atoms with van der Waals surface area (Å²) in [5.74, 6) is -1.40. The van der Waals surface area contributed by atoms with Gasteiger partial charge < -0.3 is 15.2 Å². The number of amides is 1. The topological polar surface area (TPSA) is 76.4 Å². The Hall–Kier alpha value is -3.42. The van der Waals surface area contributed by atoms with Gasteiger partial charge in [0.1, 0.15) is 23.8 Å². The molecule has 0 unspecified atom stereocenters. The summed E-state index contributed by atoms with van der Waals surface area (Å²) in [4.78, 5) is 16.6. The Morgan fingerprint density at radius 2 is 2.07 bits per heavy atom. The van der Waals surface area contributed by atoms with Gasteiger partial charge in [-0.15, -0.1) is 0 Å². The van der Waals surface area contributed by atoms with Gasteiger partial charge in [0.2, 0.25) is 5.91 Å². The molecule has 0 aliphatic carbocycles. The monoisotopic (exact) mass is 371 g/mol. The molecule has 1 aliphatic heterocycles. The van der Waals surface area contributed by atoms with E-state index in [1.807, 2.05) is 0 Å². The van der Waals surface area contributed by atoms with Crippen LogP contribution in [0.1, 0.15) is 23.6 Å². The number of halogens is 2. The van der Waals surface area contributed by atoms with Crippen LogP contribution in [0.3, 0.4) is 0 Å². The minimum absolute atomic E-state index is 0.0194. The van der Waals surface area contributed by atoms with Gasteiger partial charge in [-0.25, -0.2) is 13.8 Å². The lowest BCUT2D eigenvalue weighted by Crippen LogP contribution is -2.25. The number of methoxy groups -OCH3 is 1. The summed E-state index contributed by atoms with van der Waals surface area (Å²) in [6, 6.07) is 7.85. The number of imidazole rings is 1. The molecule has 0 bridgehead atoms. The van der Waals surface area contributed by atoms with Crippen LogP contribution in [-0.4, -0.2) is 27.7 Å². The lowest BCUT2D eigenvalue weighted by atomic mass is 9.89.